The highest BCUT2D eigenvalue weighted by Gasteiger charge is 2.23. The van der Waals surface area contributed by atoms with E-state index in [0.29, 0.717) is 5.92 Å². The SMILES string of the molecule is Cc1cccc2c1cc1n2CCC1CN. The van der Waals surface area contributed by atoms with Crippen molar-refractivity contribution in [2.24, 2.45) is 5.73 Å². The van der Waals surface area contributed by atoms with Crippen molar-refractivity contribution < 1.29 is 0 Å². The molecule has 15 heavy (non-hydrogen) atoms. The summed E-state index contributed by atoms with van der Waals surface area (Å²) in [4.78, 5) is 0. The number of nitrogens with two attached hydrogens (primary N) is 1. The minimum Gasteiger partial charge on any atom is -0.344 e. The van der Waals surface area contributed by atoms with E-state index in [2.05, 4.69) is 35.8 Å². The standard InChI is InChI=1S/C13H16N2/c1-9-3-2-4-12-11(9)7-13-10(8-14)5-6-15(12)13/h2-4,7,10H,5-6,8,14H2,1H3. The van der Waals surface area contributed by atoms with Crippen molar-refractivity contribution in [3.8, 4) is 0 Å². The lowest BCUT2D eigenvalue weighted by Gasteiger charge is -2.02. The average Bonchev–Trinajstić information content (AvgIpc) is 2.77. The molecule has 1 atom stereocenters. The second kappa shape index (κ2) is 3.11. The van der Waals surface area contributed by atoms with E-state index in [1.54, 1.807) is 0 Å². The van der Waals surface area contributed by atoms with E-state index >= 15 is 0 Å². The van der Waals surface area contributed by atoms with Crippen molar-refractivity contribution in [3.63, 3.8) is 0 Å². The Morgan fingerprint density at radius 3 is 3.13 bits per heavy atom. The second-order valence-electron chi connectivity index (χ2n) is 4.45. The van der Waals surface area contributed by atoms with Crippen molar-refractivity contribution in [1.82, 2.24) is 4.57 Å². The first-order chi connectivity index (χ1) is 7.31. The fraction of sp³-hybridized carbons (Fsp3) is 0.385. The summed E-state index contributed by atoms with van der Waals surface area (Å²) in [5.74, 6) is 0.566. The van der Waals surface area contributed by atoms with Crippen molar-refractivity contribution in [2.75, 3.05) is 6.54 Å². The molecule has 2 heteroatoms. The van der Waals surface area contributed by atoms with Crippen LogP contribution in [0.4, 0.5) is 0 Å². The summed E-state index contributed by atoms with van der Waals surface area (Å²) in [5.41, 5.74) is 9.97. The van der Waals surface area contributed by atoms with Crippen LogP contribution in [0.3, 0.4) is 0 Å². The Balaban J connectivity index is 2.29. The Kier molecular flexibility index (Phi) is 1.86. The van der Waals surface area contributed by atoms with Gasteiger partial charge in [0.2, 0.25) is 0 Å². The molecule has 0 saturated carbocycles. The molecule has 0 fully saturated rings. The van der Waals surface area contributed by atoms with Gasteiger partial charge < -0.3 is 10.3 Å². The Bertz CT molecular complexity index is 510. The average molecular weight is 200 g/mol. The highest BCUT2D eigenvalue weighted by molar-refractivity contribution is 5.85. The number of fused-ring (bicyclic) bond motifs is 3. The fourth-order valence-electron chi connectivity index (χ4n) is 2.71. The third kappa shape index (κ3) is 1.15. The molecule has 2 heterocycles. The van der Waals surface area contributed by atoms with Crippen LogP contribution >= 0.6 is 0 Å². The van der Waals surface area contributed by atoms with E-state index in [0.717, 1.165) is 13.1 Å². The normalized spacial score (nSPS) is 19.7. The molecule has 0 spiro atoms. The summed E-state index contributed by atoms with van der Waals surface area (Å²) >= 11 is 0. The molecule has 1 aliphatic rings. The van der Waals surface area contributed by atoms with E-state index in [4.69, 9.17) is 5.73 Å². The van der Waals surface area contributed by atoms with Gasteiger partial charge in [0.1, 0.15) is 0 Å². The summed E-state index contributed by atoms with van der Waals surface area (Å²) in [5, 5.41) is 1.39. The summed E-state index contributed by atoms with van der Waals surface area (Å²) in [7, 11) is 0. The van der Waals surface area contributed by atoms with E-state index in [9.17, 15) is 0 Å². The zero-order valence-corrected chi connectivity index (χ0v) is 9.03. The summed E-state index contributed by atoms with van der Waals surface area (Å²) in [6.45, 7) is 4.08. The Morgan fingerprint density at radius 2 is 2.33 bits per heavy atom. The van der Waals surface area contributed by atoms with Crippen molar-refractivity contribution in [1.29, 1.82) is 0 Å². The molecule has 2 N–H and O–H groups in total. The van der Waals surface area contributed by atoms with Crippen LogP contribution in [-0.2, 0) is 6.54 Å². The number of hydrogen-bond acceptors (Lipinski definition) is 1. The summed E-state index contributed by atoms with van der Waals surface area (Å²) < 4.78 is 2.43. The van der Waals surface area contributed by atoms with Gasteiger partial charge in [-0.05, 0) is 31.0 Å². The second-order valence-corrected chi connectivity index (χ2v) is 4.45. The van der Waals surface area contributed by atoms with Crippen LogP contribution in [0.25, 0.3) is 10.9 Å². The smallest absolute Gasteiger partial charge is 0.0485 e. The highest BCUT2D eigenvalue weighted by atomic mass is 15.0. The molecule has 3 rings (SSSR count). The van der Waals surface area contributed by atoms with Gasteiger partial charge in [0, 0.05) is 35.6 Å². The lowest BCUT2D eigenvalue weighted by Crippen LogP contribution is -2.08. The zero-order chi connectivity index (χ0) is 10.4. The molecule has 1 aromatic carbocycles. The molecule has 1 aliphatic heterocycles. The van der Waals surface area contributed by atoms with Crippen LogP contribution in [0.1, 0.15) is 23.6 Å². The minimum atomic E-state index is 0.566. The molecule has 1 aromatic heterocycles. The fourth-order valence-corrected chi connectivity index (χ4v) is 2.71. The molecule has 0 aliphatic carbocycles. The first-order valence-corrected chi connectivity index (χ1v) is 5.60. The van der Waals surface area contributed by atoms with Gasteiger partial charge in [-0.3, -0.25) is 0 Å². The number of aryl methyl sites for hydroxylation is 2. The van der Waals surface area contributed by atoms with Crippen LogP contribution in [0.2, 0.25) is 0 Å². The molecular weight excluding hydrogens is 184 g/mol. The topological polar surface area (TPSA) is 30.9 Å². The van der Waals surface area contributed by atoms with E-state index < -0.39 is 0 Å². The van der Waals surface area contributed by atoms with Gasteiger partial charge in [0.25, 0.3) is 0 Å². The van der Waals surface area contributed by atoms with Crippen LogP contribution in [0.5, 0.6) is 0 Å². The predicted molar refractivity (Wildman–Crippen MR) is 63.1 cm³/mol. The summed E-state index contributed by atoms with van der Waals surface area (Å²) in [6, 6.07) is 8.86. The number of nitrogens with zero attached hydrogens (tertiary/aromatic N) is 1. The Hall–Kier alpha value is -1.28. The van der Waals surface area contributed by atoms with Gasteiger partial charge in [0.15, 0.2) is 0 Å². The molecular formula is C13H16N2. The van der Waals surface area contributed by atoms with Crippen molar-refractivity contribution >= 4 is 10.9 Å². The van der Waals surface area contributed by atoms with Gasteiger partial charge in [-0.1, -0.05) is 12.1 Å². The third-order valence-corrected chi connectivity index (χ3v) is 3.60. The Labute approximate surface area is 89.7 Å². The molecule has 78 valence electrons. The van der Waals surface area contributed by atoms with Gasteiger partial charge in [-0.15, -0.1) is 0 Å². The molecule has 2 aromatic rings. The van der Waals surface area contributed by atoms with Gasteiger partial charge in [-0.2, -0.15) is 0 Å². The number of hydrogen-bond donors (Lipinski definition) is 1. The number of aromatic nitrogens is 1. The molecule has 2 nitrogen and oxygen atoms in total. The van der Waals surface area contributed by atoms with E-state index in [1.807, 2.05) is 0 Å². The largest absolute Gasteiger partial charge is 0.344 e. The van der Waals surface area contributed by atoms with Gasteiger partial charge in [0.05, 0.1) is 0 Å². The zero-order valence-electron chi connectivity index (χ0n) is 9.03. The van der Waals surface area contributed by atoms with Gasteiger partial charge >= 0.3 is 0 Å². The molecule has 0 saturated heterocycles. The highest BCUT2D eigenvalue weighted by Crippen LogP contribution is 2.34. The van der Waals surface area contributed by atoms with E-state index in [-0.39, 0.29) is 0 Å². The van der Waals surface area contributed by atoms with Crippen LogP contribution in [0, 0.1) is 6.92 Å². The maximum Gasteiger partial charge on any atom is 0.0485 e. The maximum atomic E-state index is 5.80. The first-order valence-electron chi connectivity index (χ1n) is 5.60. The van der Waals surface area contributed by atoms with Gasteiger partial charge in [-0.25, -0.2) is 0 Å². The molecule has 0 bridgehead atoms. The first kappa shape index (κ1) is 8.98. The predicted octanol–water partition coefficient (Wildman–Crippen LogP) is 2.40. The lowest BCUT2D eigenvalue weighted by atomic mass is 10.0. The minimum absolute atomic E-state index is 0.566. The van der Waals surface area contributed by atoms with Crippen LogP contribution < -0.4 is 5.73 Å². The van der Waals surface area contributed by atoms with Crippen molar-refractivity contribution in [3.05, 3.63) is 35.5 Å². The third-order valence-electron chi connectivity index (χ3n) is 3.60. The maximum absolute atomic E-state index is 5.80. The number of rotatable bonds is 1. The molecule has 1 unspecified atom stereocenters. The van der Waals surface area contributed by atoms with E-state index in [1.165, 1.54) is 28.6 Å². The number of benzene rings is 1. The molecule has 0 amide bonds. The van der Waals surface area contributed by atoms with Crippen LogP contribution in [0.15, 0.2) is 24.3 Å². The lowest BCUT2D eigenvalue weighted by molar-refractivity contribution is 0.673. The van der Waals surface area contributed by atoms with Crippen LogP contribution in [-0.4, -0.2) is 11.1 Å². The summed E-state index contributed by atoms with van der Waals surface area (Å²) in [6.07, 6.45) is 1.20. The quantitative estimate of drug-likeness (QED) is 0.753. The van der Waals surface area contributed by atoms with Crippen molar-refractivity contribution in [2.45, 2.75) is 25.8 Å². The molecule has 0 radical (unpaired) electrons. The monoisotopic (exact) mass is 200 g/mol. The Morgan fingerprint density at radius 1 is 1.47 bits per heavy atom.